The van der Waals surface area contributed by atoms with Crippen molar-refractivity contribution in [1.29, 1.82) is 0 Å². The van der Waals surface area contributed by atoms with Crippen molar-refractivity contribution in [2.75, 3.05) is 26.0 Å². The van der Waals surface area contributed by atoms with Crippen molar-refractivity contribution in [2.24, 2.45) is 0 Å². The number of rotatable bonds is 6. The number of aromatic nitrogens is 1. The maximum atomic E-state index is 12.6. The molecule has 3 amide bonds. The van der Waals surface area contributed by atoms with Crippen LogP contribution in [0.1, 0.15) is 49.3 Å². The second kappa shape index (κ2) is 18.7. The number of fused-ring (bicyclic) bond motifs is 2. The number of aryl methyl sites for hydroxylation is 1. The molecular formula is C28H37N4NaO4S. The van der Waals surface area contributed by atoms with Crippen LogP contribution in [-0.4, -0.2) is 53.7 Å². The smallest absolute Gasteiger partial charge is 0.857 e. The number of hydrogen-bond acceptors (Lipinski definition) is 6. The number of pyridine rings is 1. The predicted molar refractivity (Wildman–Crippen MR) is 150 cm³/mol. The van der Waals surface area contributed by atoms with Gasteiger partial charge in [0.1, 0.15) is 12.1 Å². The van der Waals surface area contributed by atoms with E-state index in [0.717, 1.165) is 18.2 Å². The zero-order valence-corrected chi connectivity index (χ0v) is 26.5. The second-order valence-electron chi connectivity index (χ2n) is 7.43. The minimum atomic E-state index is -0.344. The molecule has 1 N–H and O–H groups in total. The number of thiophene rings is 1. The summed E-state index contributed by atoms with van der Waals surface area (Å²) in [6.45, 7) is 11.0. The summed E-state index contributed by atoms with van der Waals surface area (Å²) in [5, 5.41) is 12.1. The number of likely N-dealkylation sites (N-methyl/N-ethyl adjacent to an activating group) is 1. The first-order valence-electron chi connectivity index (χ1n) is 12.3. The molecule has 1 aliphatic heterocycles. The van der Waals surface area contributed by atoms with Crippen LogP contribution in [-0.2, 0) is 22.7 Å². The molecule has 10 heteroatoms. The first kappa shape index (κ1) is 35.4. The Hall–Kier alpha value is -2.56. The van der Waals surface area contributed by atoms with Gasteiger partial charge >= 0.3 is 35.6 Å². The Morgan fingerprint density at radius 1 is 1.21 bits per heavy atom. The Labute approximate surface area is 252 Å². The van der Waals surface area contributed by atoms with E-state index in [1.54, 1.807) is 35.6 Å². The zero-order chi connectivity index (χ0) is 28.0. The number of amides is 3. The van der Waals surface area contributed by atoms with Crippen molar-refractivity contribution in [2.45, 2.75) is 47.7 Å². The Bertz CT molecular complexity index is 1210. The van der Waals surface area contributed by atoms with Crippen LogP contribution in [0.5, 0.6) is 0 Å². The average molecular weight is 549 g/mol. The molecule has 38 heavy (non-hydrogen) atoms. The van der Waals surface area contributed by atoms with Crippen LogP contribution >= 0.6 is 11.3 Å². The molecule has 3 aromatic rings. The maximum Gasteiger partial charge on any atom is 1.00 e. The molecule has 4 rings (SSSR count). The van der Waals surface area contributed by atoms with Crippen LogP contribution < -0.4 is 40.0 Å². The molecule has 8 nitrogen and oxygen atoms in total. The fraction of sp³-hybridized carbons (Fsp3) is 0.357. The number of hydrogen-bond donors (Lipinski definition) is 1. The predicted octanol–water partition coefficient (Wildman–Crippen LogP) is 1.86. The quantitative estimate of drug-likeness (QED) is 0.288. The third kappa shape index (κ3) is 9.32. The van der Waals surface area contributed by atoms with Gasteiger partial charge in [0.05, 0.1) is 19.6 Å². The van der Waals surface area contributed by atoms with E-state index in [0.29, 0.717) is 25.2 Å². The van der Waals surface area contributed by atoms with E-state index < -0.39 is 0 Å². The third-order valence-electron chi connectivity index (χ3n) is 5.27. The summed E-state index contributed by atoms with van der Waals surface area (Å²) < 4.78 is 1.22. The topological polar surface area (TPSA) is 106 Å². The number of aldehydes is 1. The second-order valence-corrected chi connectivity index (χ2v) is 8.56. The fourth-order valence-corrected chi connectivity index (χ4v) is 4.78. The Morgan fingerprint density at radius 3 is 2.50 bits per heavy atom. The number of anilines is 1. The molecule has 0 radical (unpaired) electrons. The van der Waals surface area contributed by atoms with E-state index >= 15 is 0 Å². The summed E-state index contributed by atoms with van der Waals surface area (Å²) >= 11 is 1.71. The fourth-order valence-electron chi connectivity index (χ4n) is 3.51. The van der Waals surface area contributed by atoms with Gasteiger partial charge in [-0.3, -0.25) is 10.1 Å². The van der Waals surface area contributed by atoms with Crippen LogP contribution in [0.3, 0.4) is 0 Å². The Balaban J connectivity index is 0.00000183. The van der Waals surface area contributed by atoms with Gasteiger partial charge in [-0.05, 0) is 41.6 Å². The van der Waals surface area contributed by atoms with Crippen LogP contribution in [0.4, 0.5) is 10.6 Å². The van der Waals surface area contributed by atoms with Crippen LogP contribution in [0.2, 0.25) is 0 Å². The molecule has 0 bridgehead atoms. The van der Waals surface area contributed by atoms with E-state index in [-0.39, 0.29) is 48.0 Å². The van der Waals surface area contributed by atoms with E-state index in [2.05, 4.69) is 29.4 Å². The van der Waals surface area contributed by atoms with Crippen LogP contribution in [0.15, 0.2) is 42.6 Å². The standard InChI is InChI=1S/C23H22N4O3S.2C2H6.CH3O.Na/c1-15-18-5-3-4-6-19(18)31-20(15)14-26(2)21(29)8-7-16-11-17-13-27(9-10-28)23(30)25-22(17)24-12-16;3*1-2;/h3-8,10-12H,9,13-14H2,1-2H3,(H,24,25,30);2*1-2H3;1H3;/q;;;-1;+1/b8-7+;;;;. The summed E-state index contributed by atoms with van der Waals surface area (Å²) in [5.74, 6) is 0.374. The Morgan fingerprint density at radius 2 is 1.87 bits per heavy atom. The molecule has 0 unspecified atom stereocenters. The van der Waals surface area contributed by atoms with Gasteiger partial charge in [-0.1, -0.05) is 45.9 Å². The molecule has 0 saturated carbocycles. The third-order valence-corrected chi connectivity index (χ3v) is 6.53. The zero-order valence-electron chi connectivity index (χ0n) is 23.7. The van der Waals surface area contributed by atoms with Crippen LogP contribution in [0, 0.1) is 6.92 Å². The number of benzene rings is 1. The van der Waals surface area contributed by atoms with E-state index in [1.165, 1.54) is 31.5 Å². The van der Waals surface area contributed by atoms with E-state index in [4.69, 9.17) is 5.11 Å². The molecule has 0 aliphatic carbocycles. The summed E-state index contributed by atoms with van der Waals surface area (Å²) in [7, 11) is 2.54. The van der Waals surface area contributed by atoms with Gasteiger partial charge in [-0.15, -0.1) is 11.3 Å². The molecule has 1 aromatic carbocycles. The van der Waals surface area contributed by atoms with E-state index in [1.807, 2.05) is 45.9 Å². The molecule has 0 spiro atoms. The van der Waals surface area contributed by atoms with Crippen molar-refractivity contribution < 1.29 is 49.0 Å². The number of nitrogens with one attached hydrogen (secondary N) is 1. The van der Waals surface area contributed by atoms with Gasteiger partial charge in [0.2, 0.25) is 5.91 Å². The average Bonchev–Trinajstić information content (AvgIpc) is 3.26. The first-order chi connectivity index (χ1) is 18.0. The van der Waals surface area contributed by atoms with Gasteiger partial charge in [0.25, 0.3) is 0 Å². The Kier molecular flexibility index (Phi) is 17.4. The molecule has 200 valence electrons. The van der Waals surface area contributed by atoms with Gasteiger partial charge in [-0.2, -0.15) is 7.11 Å². The minimum absolute atomic E-state index is 0. The van der Waals surface area contributed by atoms with Crippen LogP contribution in [0.25, 0.3) is 16.2 Å². The molecule has 1 aliphatic rings. The van der Waals surface area contributed by atoms with E-state index in [9.17, 15) is 14.4 Å². The van der Waals surface area contributed by atoms with Crippen molar-refractivity contribution in [3.63, 3.8) is 0 Å². The molecule has 3 heterocycles. The molecule has 0 fully saturated rings. The summed E-state index contributed by atoms with van der Waals surface area (Å²) in [5.41, 5.74) is 2.76. The van der Waals surface area contributed by atoms with Gasteiger partial charge in [0, 0.05) is 34.5 Å². The summed E-state index contributed by atoms with van der Waals surface area (Å²) in [4.78, 5) is 43.8. The number of carbonyl (C=O) groups excluding carboxylic acids is 3. The number of carbonyl (C=O) groups is 3. The summed E-state index contributed by atoms with van der Waals surface area (Å²) in [6.07, 6.45) is 5.53. The normalized spacial score (nSPS) is 11.4. The molecule has 0 saturated heterocycles. The SMILES string of the molecule is CC.CC.C[O-].Cc1c(CN(C)C(=O)/C=C/c2cnc3c(c2)CN(CC=O)C(=O)N3)sc2ccccc12.[Na+]. The largest absolute Gasteiger partial charge is 1.00 e. The summed E-state index contributed by atoms with van der Waals surface area (Å²) in [6, 6.07) is 9.77. The van der Waals surface area contributed by atoms with Crippen molar-refractivity contribution in [3.05, 3.63) is 64.2 Å². The number of nitrogens with zero attached hydrogens (tertiary/aromatic N) is 3. The first-order valence-corrected chi connectivity index (χ1v) is 13.1. The number of urea groups is 1. The van der Waals surface area contributed by atoms with Crippen molar-refractivity contribution >= 4 is 51.5 Å². The molecule has 0 atom stereocenters. The monoisotopic (exact) mass is 548 g/mol. The van der Waals surface area contributed by atoms with Crippen molar-refractivity contribution in [1.82, 2.24) is 14.8 Å². The van der Waals surface area contributed by atoms with Gasteiger partial charge < -0.3 is 19.7 Å². The minimum Gasteiger partial charge on any atom is -0.857 e. The molecular weight excluding hydrogens is 511 g/mol. The van der Waals surface area contributed by atoms with Gasteiger partial charge in [-0.25, -0.2) is 9.78 Å². The van der Waals surface area contributed by atoms with Crippen molar-refractivity contribution in [3.8, 4) is 0 Å². The molecule has 2 aromatic heterocycles. The maximum absolute atomic E-state index is 12.6. The van der Waals surface area contributed by atoms with Gasteiger partial charge in [0.15, 0.2) is 0 Å².